The molecule has 5 nitrogen and oxygen atoms in total. The second kappa shape index (κ2) is 4.73. The summed E-state index contributed by atoms with van der Waals surface area (Å²) in [4.78, 5) is 13.7. The van der Waals surface area contributed by atoms with Crippen LogP contribution in [-0.4, -0.2) is 11.5 Å². The fourth-order valence-corrected chi connectivity index (χ4v) is 2.02. The number of nitrogens with one attached hydrogen (secondary N) is 1. The summed E-state index contributed by atoms with van der Waals surface area (Å²) in [6.45, 7) is 2.62. The van der Waals surface area contributed by atoms with Crippen molar-refractivity contribution < 1.29 is 4.42 Å². The van der Waals surface area contributed by atoms with Crippen LogP contribution < -0.4 is 17.2 Å². The van der Waals surface area contributed by atoms with Gasteiger partial charge in [0.25, 0.3) is 0 Å². The van der Waals surface area contributed by atoms with E-state index in [0.29, 0.717) is 17.6 Å². The van der Waals surface area contributed by atoms with Gasteiger partial charge in [0, 0.05) is 6.04 Å². The fourth-order valence-electron chi connectivity index (χ4n) is 2.02. The molecule has 5 heteroatoms. The molecule has 2 aromatic rings. The summed E-state index contributed by atoms with van der Waals surface area (Å²) in [7, 11) is 0. The Morgan fingerprint density at radius 2 is 2.24 bits per heavy atom. The predicted octanol–water partition coefficient (Wildman–Crippen LogP) is 1.11. The van der Waals surface area contributed by atoms with Gasteiger partial charge in [-0.05, 0) is 30.2 Å². The number of oxazole rings is 1. The molecule has 0 saturated carbocycles. The molecule has 0 aliphatic heterocycles. The second-order valence-electron chi connectivity index (χ2n) is 4.20. The summed E-state index contributed by atoms with van der Waals surface area (Å²) in [6.07, 6.45) is 0.928. The fraction of sp³-hybridized carbons (Fsp3) is 0.417. The third-order valence-electron chi connectivity index (χ3n) is 3.16. The molecule has 0 bridgehead atoms. The molecule has 5 N–H and O–H groups in total. The molecule has 1 aromatic carbocycles. The zero-order valence-corrected chi connectivity index (χ0v) is 9.77. The van der Waals surface area contributed by atoms with Gasteiger partial charge in [-0.25, -0.2) is 4.79 Å². The Labute approximate surface area is 98.8 Å². The van der Waals surface area contributed by atoms with Crippen LogP contribution in [0.4, 0.5) is 0 Å². The quantitative estimate of drug-likeness (QED) is 0.739. The Bertz CT molecular complexity index is 554. The molecule has 1 aromatic heterocycles. The van der Waals surface area contributed by atoms with Crippen molar-refractivity contribution in [3.05, 3.63) is 34.3 Å². The van der Waals surface area contributed by atoms with Crippen LogP contribution in [0.5, 0.6) is 0 Å². The molecule has 2 unspecified atom stereocenters. The molecule has 17 heavy (non-hydrogen) atoms. The van der Waals surface area contributed by atoms with Crippen LogP contribution in [0.1, 0.15) is 24.9 Å². The SMILES string of the molecule is CCC(CN)C(N)c1ccc2oc(=O)[nH]c2c1. The number of rotatable bonds is 4. The van der Waals surface area contributed by atoms with Gasteiger partial charge in [0.2, 0.25) is 0 Å². The minimum absolute atomic E-state index is 0.118. The summed E-state index contributed by atoms with van der Waals surface area (Å²) in [5.74, 6) is -0.206. The molecule has 92 valence electrons. The van der Waals surface area contributed by atoms with Crippen LogP contribution in [0.25, 0.3) is 11.1 Å². The van der Waals surface area contributed by atoms with Gasteiger partial charge in [-0.15, -0.1) is 0 Å². The van der Waals surface area contributed by atoms with Crippen LogP contribution in [0.15, 0.2) is 27.4 Å². The van der Waals surface area contributed by atoms with E-state index in [9.17, 15) is 4.79 Å². The molecule has 0 aliphatic carbocycles. The highest BCUT2D eigenvalue weighted by Gasteiger charge is 2.17. The van der Waals surface area contributed by atoms with E-state index >= 15 is 0 Å². The molecule has 0 saturated heterocycles. The lowest BCUT2D eigenvalue weighted by atomic mass is 9.91. The molecule has 2 atom stereocenters. The van der Waals surface area contributed by atoms with E-state index in [1.807, 2.05) is 12.1 Å². The number of benzene rings is 1. The van der Waals surface area contributed by atoms with Gasteiger partial charge in [0.05, 0.1) is 5.52 Å². The highest BCUT2D eigenvalue weighted by molar-refractivity contribution is 5.72. The molecule has 0 aliphatic rings. The van der Waals surface area contributed by atoms with Gasteiger partial charge in [0.15, 0.2) is 5.58 Å². The molecular weight excluding hydrogens is 218 g/mol. The van der Waals surface area contributed by atoms with Crippen molar-refractivity contribution in [3.8, 4) is 0 Å². The number of nitrogens with two attached hydrogens (primary N) is 2. The first-order valence-corrected chi connectivity index (χ1v) is 5.74. The van der Waals surface area contributed by atoms with Crippen molar-refractivity contribution in [1.29, 1.82) is 0 Å². The minimum Gasteiger partial charge on any atom is -0.408 e. The maximum Gasteiger partial charge on any atom is 0.417 e. The van der Waals surface area contributed by atoms with E-state index in [1.165, 1.54) is 0 Å². The van der Waals surface area contributed by atoms with E-state index < -0.39 is 5.76 Å². The van der Waals surface area contributed by atoms with Crippen molar-refractivity contribution in [2.24, 2.45) is 17.4 Å². The lowest BCUT2D eigenvalue weighted by Gasteiger charge is -2.21. The van der Waals surface area contributed by atoms with Crippen LogP contribution >= 0.6 is 0 Å². The van der Waals surface area contributed by atoms with Gasteiger partial charge in [-0.1, -0.05) is 19.4 Å². The maximum absolute atomic E-state index is 11.0. The normalized spacial score (nSPS) is 15.0. The van der Waals surface area contributed by atoms with Crippen LogP contribution in [0, 0.1) is 5.92 Å². The second-order valence-corrected chi connectivity index (χ2v) is 4.20. The smallest absolute Gasteiger partial charge is 0.408 e. The van der Waals surface area contributed by atoms with E-state index in [2.05, 4.69) is 11.9 Å². The Morgan fingerprint density at radius 1 is 1.47 bits per heavy atom. The third kappa shape index (κ3) is 2.25. The third-order valence-corrected chi connectivity index (χ3v) is 3.16. The van der Waals surface area contributed by atoms with Crippen LogP contribution in [0.3, 0.4) is 0 Å². The summed E-state index contributed by atoms with van der Waals surface area (Å²) >= 11 is 0. The monoisotopic (exact) mass is 235 g/mol. The average Bonchev–Trinajstić information content (AvgIpc) is 2.69. The largest absolute Gasteiger partial charge is 0.417 e. The number of hydrogen-bond acceptors (Lipinski definition) is 4. The van der Waals surface area contributed by atoms with E-state index in [1.54, 1.807) is 6.07 Å². The Kier molecular flexibility index (Phi) is 3.31. The number of fused-ring (bicyclic) bond motifs is 1. The van der Waals surface area contributed by atoms with E-state index in [0.717, 1.165) is 12.0 Å². The highest BCUT2D eigenvalue weighted by Crippen LogP contribution is 2.23. The van der Waals surface area contributed by atoms with Gasteiger partial charge >= 0.3 is 5.76 Å². The number of H-pyrrole nitrogens is 1. The first-order valence-electron chi connectivity index (χ1n) is 5.74. The molecule has 0 radical (unpaired) electrons. The molecule has 2 rings (SSSR count). The van der Waals surface area contributed by atoms with Crippen molar-refractivity contribution in [2.75, 3.05) is 6.54 Å². The van der Waals surface area contributed by atoms with Gasteiger partial charge in [-0.3, -0.25) is 4.98 Å². The zero-order chi connectivity index (χ0) is 12.4. The van der Waals surface area contributed by atoms with E-state index in [-0.39, 0.29) is 12.0 Å². The first kappa shape index (κ1) is 11.9. The molecular formula is C12H17N3O2. The first-order chi connectivity index (χ1) is 8.15. The Balaban J connectivity index is 2.38. The Hall–Kier alpha value is -1.59. The lowest BCUT2D eigenvalue weighted by Crippen LogP contribution is -2.27. The van der Waals surface area contributed by atoms with E-state index in [4.69, 9.17) is 15.9 Å². The lowest BCUT2D eigenvalue weighted by molar-refractivity contribution is 0.428. The van der Waals surface area contributed by atoms with Crippen molar-refractivity contribution in [2.45, 2.75) is 19.4 Å². The van der Waals surface area contributed by atoms with Gasteiger partial charge < -0.3 is 15.9 Å². The molecule has 0 spiro atoms. The summed E-state index contributed by atoms with van der Waals surface area (Å²) < 4.78 is 4.94. The van der Waals surface area contributed by atoms with Crippen LogP contribution in [-0.2, 0) is 0 Å². The number of aromatic amines is 1. The van der Waals surface area contributed by atoms with Crippen molar-refractivity contribution >= 4 is 11.1 Å². The summed E-state index contributed by atoms with van der Waals surface area (Å²) in [5, 5.41) is 0. The van der Waals surface area contributed by atoms with Gasteiger partial charge in [-0.2, -0.15) is 0 Å². The van der Waals surface area contributed by atoms with Crippen LogP contribution in [0.2, 0.25) is 0 Å². The summed E-state index contributed by atoms with van der Waals surface area (Å²) in [6, 6.07) is 5.37. The average molecular weight is 235 g/mol. The highest BCUT2D eigenvalue weighted by atomic mass is 16.4. The number of hydrogen-bond donors (Lipinski definition) is 3. The zero-order valence-electron chi connectivity index (χ0n) is 9.77. The molecule has 1 heterocycles. The predicted molar refractivity (Wildman–Crippen MR) is 66.6 cm³/mol. The maximum atomic E-state index is 11.0. The molecule has 0 amide bonds. The summed E-state index contributed by atoms with van der Waals surface area (Å²) in [5.41, 5.74) is 14.0. The molecule has 0 fully saturated rings. The van der Waals surface area contributed by atoms with Gasteiger partial charge in [0.1, 0.15) is 0 Å². The number of aromatic nitrogens is 1. The van der Waals surface area contributed by atoms with Crippen molar-refractivity contribution in [3.63, 3.8) is 0 Å². The topological polar surface area (TPSA) is 98.0 Å². The minimum atomic E-state index is -0.448. The standard InChI is InChI=1S/C12H17N3O2/c1-2-7(6-13)11(14)8-3-4-10-9(5-8)15-12(16)17-10/h3-5,7,11H,2,6,13-14H2,1H3,(H,15,16). The van der Waals surface area contributed by atoms with Crippen molar-refractivity contribution in [1.82, 2.24) is 4.98 Å². The Morgan fingerprint density at radius 3 is 2.88 bits per heavy atom.